The van der Waals surface area contributed by atoms with Crippen LogP contribution in [-0.4, -0.2) is 23.5 Å². The molecule has 4 heteroatoms. The van der Waals surface area contributed by atoms with Crippen LogP contribution in [0.2, 0.25) is 5.02 Å². The number of hydrogen-bond donors (Lipinski definition) is 0. The van der Waals surface area contributed by atoms with Gasteiger partial charge in [-0.25, -0.2) is 0 Å². The van der Waals surface area contributed by atoms with Gasteiger partial charge >= 0.3 is 0 Å². The second-order valence-electron chi connectivity index (χ2n) is 6.12. The number of likely N-dealkylation sites (tertiary alicyclic amines) is 1. The highest BCUT2D eigenvalue weighted by molar-refractivity contribution is 9.10. The van der Waals surface area contributed by atoms with Gasteiger partial charge in [-0.3, -0.25) is 4.90 Å². The van der Waals surface area contributed by atoms with E-state index < -0.39 is 0 Å². The summed E-state index contributed by atoms with van der Waals surface area (Å²) in [7, 11) is 0. The van der Waals surface area contributed by atoms with Crippen molar-refractivity contribution in [3.63, 3.8) is 0 Å². The van der Waals surface area contributed by atoms with Crippen molar-refractivity contribution in [2.24, 2.45) is 5.92 Å². The lowest BCUT2D eigenvalue weighted by Crippen LogP contribution is -2.39. The van der Waals surface area contributed by atoms with Crippen LogP contribution in [0.1, 0.15) is 32.3 Å². The molecule has 1 aliphatic rings. The standard InChI is InChI=1S/C15H18BrClN2/c1-15(2,3)19-8-11(7-18)14(9-19)10-4-12(16)6-13(17)5-10/h4-6,11,14H,8-9H2,1-3H3/t11-,14+/m0/s1. The maximum Gasteiger partial charge on any atom is 0.0676 e. The predicted molar refractivity (Wildman–Crippen MR) is 82.3 cm³/mol. The van der Waals surface area contributed by atoms with Crippen LogP contribution >= 0.6 is 27.5 Å². The Hall–Kier alpha value is -0.560. The van der Waals surface area contributed by atoms with Gasteiger partial charge in [-0.1, -0.05) is 27.5 Å². The largest absolute Gasteiger partial charge is 0.297 e. The Morgan fingerprint density at radius 1 is 1.32 bits per heavy atom. The molecule has 1 aromatic carbocycles. The molecule has 1 fully saturated rings. The lowest BCUT2D eigenvalue weighted by atomic mass is 9.90. The second kappa shape index (κ2) is 5.44. The minimum atomic E-state index is 0.0320. The summed E-state index contributed by atoms with van der Waals surface area (Å²) in [6, 6.07) is 8.39. The Kier molecular flexibility index (Phi) is 4.25. The predicted octanol–water partition coefficient (Wildman–Crippen LogP) is 4.44. The SMILES string of the molecule is CC(C)(C)N1C[C@H](c2cc(Cl)cc(Br)c2)[C@@H](C#N)C1. The third-order valence-electron chi connectivity index (χ3n) is 3.75. The van der Waals surface area contributed by atoms with E-state index in [4.69, 9.17) is 11.6 Å². The van der Waals surface area contributed by atoms with E-state index in [0.717, 1.165) is 28.1 Å². The Morgan fingerprint density at radius 2 is 2.00 bits per heavy atom. The van der Waals surface area contributed by atoms with Crippen molar-refractivity contribution in [2.45, 2.75) is 32.2 Å². The van der Waals surface area contributed by atoms with E-state index >= 15 is 0 Å². The molecule has 1 heterocycles. The molecule has 1 aromatic rings. The van der Waals surface area contributed by atoms with Crippen LogP contribution in [0.4, 0.5) is 0 Å². The molecule has 2 atom stereocenters. The molecule has 2 nitrogen and oxygen atoms in total. The zero-order valence-electron chi connectivity index (χ0n) is 11.5. The van der Waals surface area contributed by atoms with Gasteiger partial charge in [0.25, 0.3) is 0 Å². The van der Waals surface area contributed by atoms with Gasteiger partial charge in [0.1, 0.15) is 0 Å². The molecule has 2 rings (SSSR count). The first-order valence-corrected chi connectivity index (χ1v) is 7.59. The average Bonchev–Trinajstić information content (AvgIpc) is 2.71. The lowest BCUT2D eigenvalue weighted by molar-refractivity contribution is 0.170. The summed E-state index contributed by atoms with van der Waals surface area (Å²) >= 11 is 9.59. The molecule has 0 unspecified atom stereocenters. The minimum Gasteiger partial charge on any atom is -0.297 e. The summed E-state index contributed by atoms with van der Waals surface area (Å²) in [5, 5.41) is 10.1. The van der Waals surface area contributed by atoms with Crippen molar-refractivity contribution in [3.8, 4) is 6.07 Å². The number of rotatable bonds is 1. The number of halogens is 2. The molecule has 0 aromatic heterocycles. The minimum absolute atomic E-state index is 0.0320. The van der Waals surface area contributed by atoms with Crippen LogP contribution in [0, 0.1) is 17.2 Å². The molecule has 19 heavy (non-hydrogen) atoms. The van der Waals surface area contributed by atoms with Crippen molar-refractivity contribution in [3.05, 3.63) is 33.3 Å². The van der Waals surface area contributed by atoms with Crippen LogP contribution in [0.15, 0.2) is 22.7 Å². The van der Waals surface area contributed by atoms with Crippen molar-refractivity contribution < 1.29 is 0 Å². The molecule has 0 N–H and O–H groups in total. The molecule has 1 saturated heterocycles. The maximum atomic E-state index is 9.40. The highest BCUT2D eigenvalue weighted by Gasteiger charge is 2.38. The van der Waals surface area contributed by atoms with Crippen LogP contribution in [0.25, 0.3) is 0 Å². The zero-order valence-corrected chi connectivity index (χ0v) is 13.8. The maximum absolute atomic E-state index is 9.40. The van der Waals surface area contributed by atoms with Crippen molar-refractivity contribution in [2.75, 3.05) is 13.1 Å². The molecular formula is C15H18BrClN2. The smallest absolute Gasteiger partial charge is 0.0676 e. The van der Waals surface area contributed by atoms with Crippen LogP contribution in [0.3, 0.4) is 0 Å². The summed E-state index contributed by atoms with van der Waals surface area (Å²) in [4.78, 5) is 2.38. The third-order valence-corrected chi connectivity index (χ3v) is 4.42. The third kappa shape index (κ3) is 3.31. The number of nitriles is 1. The summed E-state index contributed by atoms with van der Waals surface area (Å²) < 4.78 is 0.973. The van der Waals surface area contributed by atoms with Crippen LogP contribution in [-0.2, 0) is 0 Å². The number of hydrogen-bond acceptors (Lipinski definition) is 2. The molecule has 0 amide bonds. The first-order valence-electron chi connectivity index (χ1n) is 6.42. The van der Waals surface area contributed by atoms with Gasteiger partial charge in [0, 0.05) is 34.0 Å². The quantitative estimate of drug-likeness (QED) is 0.755. The van der Waals surface area contributed by atoms with Gasteiger partial charge in [0.05, 0.1) is 12.0 Å². The summed E-state index contributed by atoms with van der Waals surface area (Å²) in [6.07, 6.45) is 0. The summed E-state index contributed by atoms with van der Waals surface area (Å²) in [5.74, 6) is 0.267. The normalized spacial score (nSPS) is 24.4. The molecule has 1 aliphatic heterocycles. The fourth-order valence-corrected chi connectivity index (χ4v) is 3.50. The number of nitrogens with zero attached hydrogens (tertiary/aromatic N) is 2. The van der Waals surface area contributed by atoms with Crippen molar-refractivity contribution in [1.29, 1.82) is 5.26 Å². The highest BCUT2D eigenvalue weighted by atomic mass is 79.9. The fourth-order valence-electron chi connectivity index (χ4n) is 2.61. The molecule has 0 saturated carbocycles. The monoisotopic (exact) mass is 340 g/mol. The summed E-state index contributed by atoms with van der Waals surface area (Å²) in [5.41, 5.74) is 1.25. The van der Waals surface area contributed by atoms with E-state index in [1.54, 1.807) is 0 Å². The first kappa shape index (κ1) is 14.8. The second-order valence-corrected chi connectivity index (χ2v) is 7.47. The Bertz CT molecular complexity index is 496. The van der Waals surface area contributed by atoms with Crippen LogP contribution in [0.5, 0.6) is 0 Å². The molecule has 0 bridgehead atoms. The van der Waals surface area contributed by atoms with Crippen LogP contribution < -0.4 is 0 Å². The van der Waals surface area contributed by atoms with E-state index in [0.29, 0.717) is 0 Å². The Labute approximate surface area is 128 Å². The highest BCUT2D eigenvalue weighted by Crippen LogP contribution is 2.37. The van der Waals surface area contributed by atoms with Gasteiger partial charge in [-0.2, -0.15) is 5.26 Å². The van der Waals surface area contributed by atoms with E-state index in [1.807, 2.05) is 12.1 Å². The van der Waals surface area contributed by atoms with Gasteiger partial charge in [-0.15, -0.1) is 0 Å². The lowest BCUT2D eigenvalue weighted by Gasteiger charge is -2.31. The molecule has 0 aliphatic carbocycles. The van der Waals surface area contributed by atoms with E-state index in [9.17, 15) is 5.26 Å². The molecule has 0 radical (unpaired) electrons. The van der Waals surface area contributed by atoms with Crippen molar-refractivity contribution >= 4 is 27.5 Å². The van der Waals surface area contributed by atoms with Gasteiger partial charge in [-0.05, 0) is 44.5 Å². The number of benzene rings is 1. The molecule has 0 spiro atoms. The van der Waals surface area contributed by atoms with E-state index in [2.05, 4.69) is 53.7 Å². The zero-order chi connectivity index (χ0) is 14.2. The van der Waals surface area contributed by atoms with Gasteiger partial charge in [0.2, 0.25) is 0 Å². The van der Waals surface area contributed by atoms with E-state index in [1.165, 1.54) is 0 Å². The topological polar surface area (TPSA) is 27.0 Å². The summed E-state index contributed by atoms with van der Waals surface area (Å²) in [6.45, 7) is 8.32. The Morgan fingerprint density at radius 3 is 2.53 bits per heavy atom. The fraction of sp³-hybridized carbons (Fsp3) is 0.533. The van der Waals surface area contributed by atoms with Crippen molar-refractivity contribution in [1.82, 2.24) is 4.90 Å². The molecular weight excluding hydrogens is 324 g/mol. The van der Waals surface area contributed by atoms with Gasteiger partial charge in [0.15, 0.2) is 0 Å². The first-order chi connectivity index (χ1) is 8.81. The van der Waals surface area contributed by atoms with E-state index in [-0.39, 0.29) is 17.4 Å². The Balaban J connectivity index is 2.31. The van der Waals surface area contributed by atoms with Gasteiger partial charge < -0.3 is 0 Å². The average molecular weight is 342 g/mol. The molecule has 102 valence electrons.